The SMILES string of the molecule is CCCCCCCc1ccc(-c2ccc(-c3ccc(-c4ccc(CCCC)cc4)cc3)c(F)c2F)c(F)c1. The lowest BCUT2D eigenvalue weighted by Gasteiger charge is -2.12. The molecule has 0 aliphatic carbocycles. The molecule has 4 rings (SSSR count). The van der Waals surface area contributed by atoms with Crippen molar-refractivity contribution in [1.29, 1.82) is 0 Å². The maximum absolute atomic E-state index is 15.2. The van der Waals surface area contributed by atoms with Crippen LogP contribution in [0.25, 0.3) is 33.4 Å². The highest BCUT2D eigenvalue weighted by Gasteiger charge is 2.18. The zero-order chi connectivity index (χ0) is 26.9. The van der Waals surface area contributed by atoms with Gasteiger partial charge in [-0.25, -0.2) is 13.2 Å². The van der Waals surface area contributed by atoms with Gasteiger partial charge in [0.15, 0.2) is 11.6 Å². The van der Waals surface area contributed by atoms with Crippen LogP contribution >= 0.6 is 0 Å². The largest absolute Gasteiger partial charge is 0.206 e. The number of hydrogen-bond donors (Lipinski definition) is 0. The van der Waals surface area contributed by atoms with Crippen LogP contribution in [0.5, 0.6) is 0 Å². The van der Waals surface area contributed by atoms with Crippen LogP contribution in [0.2, 0.25) is 0 Å². The number of benzene rings is 4. The summed E-state index contributed by atoms with van der Waals surface area (Å²) in [6, 6.07) is 23.8. The number of halogens is 3. The Balaban J connectivity index is 1.49. The molecule has 198 valence electrons. The minimum absolute atomic E-state index is 0.0574. The van der Waals surface area contributed by atoms with Gasteiger partial charge in [-0.3, -0.25) is 0 Å². The van der Waals surface area contributed by atoms with Crippen LogP contribution in [0.15, 0.2) is 78.9 Å². The molecule has 0 heterocycles. The van der Waals surface area contributed by atoms with Gasteiger partial charge in [-0.2, -0.15) is 0 Å². The van der Waals surface area contributed by atoms with Gasteiger partial charge in [-0.05, 0) is 59.6 Å². The van der Waals surface area contributed by atoms with E-state index in [-0.39, 0.29) is 16.7 Å². The van der Waals surface area contributed by atoms with Crippen LogP contribution in [-0.4, -0.2) is 0 Å². The summed E-state index contributed by atoms with van der Waals surface area (Å²) in [5.41, 5.74) is 5.07. The van der Waals surface area contributed by atoms with Gasteiger partial charge in [0.1, 0.15) is 5.82 Å². The number of aryl methyl sites for hydroxylation is 2. The average Bonchev–Trinajstić information content (AvgIpc) is 2.94. The first kappa shape index (κ1) is 27.7. The number of unbranched alkanes of at least 4 members (excludes halogenated alkanes) is 5. The van der Waals surface area contributed by atoms with Crippen molar-refractivity contribution in [1.82, 2.24) is 0 Å². The number of hydrogen-bond acceptors (Lipinski definition) is 0. The Hall–Kier alpha value is -3.33. The van der Waals surface area contributed by atoms with Crippen molar-refractivity contribution >= 4 is 0 Å². The summed E-state index contributed by atoms with van der Waals surface area (Å²) in [6.07, 6.45) is 9.90. The lowest BCUT2D eigenvalue weighted by atomic mass is 9.95. The fourth-order valence-electron chi connectivity index (χ4n) is 4.93. The smallest absolute Gasteiger partial charge is 0.167 e. The van der Waals surface area contributed by atoms with Gasteiger partial charge in [0, 0.05) is 16.7 Å². The molecular weight excluding hydrogens is 477 g/mol. The van der Waals surface area contributed by atoms with Crippen LogP contribution in [0.1, 0.15) is 69.9 Å². The first-order valence-corrected chi connectivity index (χ1v) is 14.0. The monoisotopic (exact) mass is 514 g/mol. The molecule has 0 aliphatic rings. The van der Waals surface area contributed by atoms with E-state index in [0.717, 1.165) is 42.4 Å². The van der Waals surface area contributed by atoms with Crippen LogP contribution in [-0.2, 0) is 12.8 Å². The minimum atomic E-state index is -1.03. The second-order valence-corrected chi connectivity index (χ2v) is 10.1. The fourth-order valence-corrected chi connectivity index (χ4v) is 4.93. The second-order valence-electron chi connectivity index (χ2n) is 10.1. The lowest BCUT2D eigenvalue weighted by molar-refractivity contribution is 0.512. The topological polar surface area (TPSA) is 0 Å². The summed E-state index contributed by atoms with van der Waals surface area (Å²) in [4.78, 5) is 0. The lowest BCUT2D eigenvalue weighted by Crippen LogP contribution is -1.97. The van der Waals surface area contributed by atoms with E-state index in [4.69, 9.17) is 0 Å². The predicted molar refractivity (Wildman–Crippen MR) is 154 cm³/mol. The summed E-state index contributed by atoms with van der Waals surface area (Å²) in [6.45, 7) is 4.36. The molecule has 0 spiro atoms. The zero-order valence-corrected chi connectivity index (χ0v) is 22.5. The first-order chi connectivity index (χ1) is 18.5. The Bertz CT molecular complexity index is 1320. The van der Waals surface area contributed by atoms with Crippen LogP contribution < -0.4 is 0 Å². The molecule has 0 unspecified atom stereocenters. The molecule has 0 nitrogen and oxygen atoms in total. The molecule has 4 aromatic rings. The van der Waals surface area contributed by atoms with Crippen molar-refractivity contribution < 1.29 is 13.2 Å². The van der Waals surface area contributed by atoms with Gasteiger partial charge < -0.3 is 0 Å². The molecule has 0 radical (unpaired) electrons. The van der Waals surface area contributed by atoms with Crippen LogP contribution in [0, 0.1) is 17.5 Å². The molecule has 0 saturated heterocycles. The molecule has 0 aliphatic heterocycles. The predicted octanol–water partition coefficient (Wildman–Crippen LogP) is 11.0. The summed E-state index contributed by atoms with van der Waals surface area (Å²) >= 11 is 0. The highest BCUT2D eigenvalue weighted by Crippen LogP contribution is 2.34. The Morgan fingerprint density at radius 3 is 1.61 bits per heavy atom. The Morgan fingerprint density at radius 1 is 0.447 bits per heavy atom. The molecule has 0 amide bonds. The van der Waals surface area contributed by atoms with Crippen molar-refractivity contribution in [2.75, 3.05) is 0 Å². The maximum atomic E-state index is 15.2. The zero-order valence-electron chi connectivity index (χ0n) is 22.5. The van der Waals surface area contributed by atoms with Gasteiger partial charge >= 0.3 is 0 Å². The van der Waals surface area contributed by atoms with Gasteiger partial charge in [-0.15, -0.1) is 0 Å². The molecule has 38 heavy (non-hydrogen) atoms. The summed E-state index contributed by atoms with van der Waals surface area (Å²) in [7, 11) is 0. The molecule has 0 aromatic heterocycles. The van der Waals surface area contributed by atoms with E-state index in [1.165, 1.54) is 55.9 Å². The fraction of sp³-hybridized carbons (Fsp3) is 0.314. The van der Waals surface area contributed by atoms with E-state index in [1.807, 2.05) is 18.2 Å². The van der Waals surface area contributed by atoms with Gasteiger partial charge in [0.05, 0.1) is 0 Å². The first-order valence-electron chi connectivity index (χ1n) is 14.0. The molecule has 0 fully saturated rings. The van der Waals surface area contributed by atoms with Crippen LogP contribution in [0.3, 0.4) is 0 Å². The normalized spacial score (nSPS) is 11.2. The average molecular weight is 515 g/mol. The quantitative estimate of drug-likeness (QED) is 0.165. The third kappa shape index (κ3) is 6.75. The summed E-state index contributed by atoms with van der Waals surface area (Å²) in [5.74, 6) is -2.51. The maximum Gasteiger partial charge on any atom is 0.167 e. The van der Waals surface area contributed by atoms with Gasteiger partial charge in [0.2, 0.25) is 0 Å². The number of rotatable bonds is 12. The molecule has 0 saturated carbocycles. The third-order valence-electron chi connectivity index (χ3n) is 7.28. The van der Waals surface area contributed by atoms with Crippen molar-refractivity contribution in [3.63, 3.8) is 0 Å². The third-order valence-corrected chi connectivity index (χ3v) is 7.28. The van der Waals surface area contributed by atoms with E-state index in [9.17, 15) is 4.39 Å². The van der Waals surface area contributed by atoms with Crippen molar-refractivity contribution in [3.8, 4) is 33.4 Å². The van der Waals surface area contributed by atoms with Gasteiger partial charge in [0.25, 0.3) is 0 Å². The van der Waals surface area contributed by atoms with Crippen molar-refractivity contribution in [3.05, 3.63) is 107 Å². The Labute approximate surface area is 225 Å². The molecule has 4 aromatic carbocycles. The van der Waals surface area contributed by atoms with E-state index in [1.54, 1.807) is 18.2 Å². The minimum Gasteiger partial charge on any atom is -0.206 e. The summed E-state index contributed by atoms with van der Waals surface area (Å²) in [5, 5.41) is 0. The van der Waals surface area contributed by atoms with Crippen molar-refractivity contribution in [2.45, 2.75) is 71.6 Å². The van der Waals surface area contributed by atoms with Crippen LogP contribution in [0.4, 0.5) is 13.2 Å². The molecule has 0 bridgehead atoms. The Morgan fingerprint density at radius 2 is 0.947 bits per heavy atom. The molecule has 0 atom stereocenters. The second kappa shape index (κ2) is 13.5. The Kier molecular flexibility index (Phi) is 9.81. The van der Waals surface area contributed by atoms with E-state index in [0.29, 0.717) is 5.56 Å². The standard InChI is InChI=1S/C35H37F3/c1-3-5-7-8-9-11-26-14-21-31(33(36)24-26)32-23-22-30(34(37)35(32)38)29-19-17-28(18-20-29)27-15-12-25(13-16-27)10-6-4-2/h12-24H,3-11H2,1-2H3. The molecule has 0 N–H and O–H groups in total. The van der Waals surface area contributed by atoms with E-state index >= 15 is 8.78 Å². The highest BCUT2D eigenvalue weighted by atomic mass is 19.2. The summed E-state index contributed by atoms with van der Waals surface area (Å²) < 4.78 is 45.3. The van der Waals surface area contributed by atoms with E-state index in [2.05, 4.69) is 38.1 Å². The van der Waals surface area contributed by atoms with Gasteiger partial charge in [-0.1, -0.05) is 119 Å². The molecule has 3 heteroatoms. The van der Waals surface area contributed by atoms with E-state index < -0.39 is 17.5 Å². The van der Waals surface area contributed by atoms with Crippen molar-refractivity contribution in [2.24, 2.45) is 0 Å². The highest BCUT2D eigenvalue weighted by molar-refractivity contribution is 5.74. The molecular formula is C35H37F3.